The Morgan fingerprint density at radius 1 is 0.317 bits per heavy atom. The molecule has 0 aliphatic rings. The highest BCUT2D eigenvalue weighted by molar-refractivity contribution is 5.71. The fourth-order valence-electron chi connectivity index (χ4n) is 7.94. The van der Waals surface area contributed by atoms with Crippen LogP contribution in [0.4, 0.5) is 0 Å². The second-order valence-electron chi connectivity index (χ2n) is 18.5. The molecule has 63 heavy (non-hydrogen) atoms. The summed E-state index contributed by atoms with van der Waals surface area (Å²) in [5.41, 5.74) is 0. The molecule has 0 rings (SSSR count). The number of allylic oxidation sites excluding steroid dienone is 6. The van der Waals surface area contributed by atoms with Crippen molar-refractivity contribution in [2.45, 2.75) is 297 Å². The highest BCUT2D eigenvalue weighted by Crippen LogP contribution is 2.16. The molecule has 0 fully saturated rings. The first-order valence-electron chi connectivity index (χ1n) is 27.5. The van der Waals surface area contributed by atoms with Crippen LogP contribution in [0.1, 0.15) is 290 Å². The van der Waals surface area contributed by atoms with E-state index in [-0.39, 0.29) is 31.1 Å². The van der Waals surface area contributed by atoms with Crippen molar-refractivity contribution in [1.29, 1.82) is 0 Å². The summed E-state index contributed by atoms with van der Waals surface area (Å²) in [6.07, 6.45) is 61.3. The first kappa shape index (κ1) is 60.6. The zero-order valence-corrected chi connectivity index (χ0v) is 42.1. The summed E-state index contributed by atoms with van der Waals surface area (Å²) >= 11 is 0. The molecule has 0 saturated heterocycles. The van der Waals surface area contributed by atoms with E-state index in [1.807, 2.05) is 0 Å². The standard InChI is InChI=1S/C57H104O6/c1-4-7-10-13-16-19-22-25-27-28-30-32-35-38-41-44-47-50-56(59)62-53-54(52-61-55(58)49-46-43-40-37-34-31-24-21-18-15-12-9-6-3)63-57(60)51-48-45-42-39-36-33-29-26-23-20-17-14-11-8-5-2/h17,20-21,24,26,29,54H,4-16,18-19,22-23,25,27-28,30-53H2,1-3H3/b20-17-,24-21-,29-26-. The second kappa shape index (κ2) is 52.3. The molecule has 0 amide bonds. The predicted molar refractivity (Wildman–Crippen MR) is 270 cm³/mol. The van der Waals surface area contributed by atoms with Gasteiger partial charge in [-0.05, 0) is 77.0 Å². The third-order valence-corrected chi connectivity index (χ3v) is 12.1. The number of carbonyl (C=O) groups excluding carboxylic acids is 3. The van der Waals surface area contributed by atoms with E-state index in [9.17, 15) is 14.4 Å². The maximum absolute atomic E-state index is 12.8. The van der Waals surface area contributed by atoms with Gasteiger partial charge >= 0.3 is 17.9 Å². The lowest BCUT2D eigenvalue weighted by molar-refractivity contribution is -0.167. The average molecular weight is 885 g/mol. The molecule has 368 valence electrons. The zero-order valence-electron chi connectivity index (χ0n) is 42.1. The lowest BCUT2D eigenvalue weighted by atomic mass is 10.0. The molecular weight excluding hydrogens is 781 g/mol. The van der Waals surface area contributed by atoms with Crippen LogP contribution >= 0.6 is 0 Å². The summed E-state index contributed by atoms with van der Waals surface area (Å²) in [7, 11) is 0. The molecule has 1 atom stereocenters. The van der Waals surface area contributed by atoms with E-state index in [4.69, 9.17) is 14.2 Å². The van der Waals surface area contributed by atoms with Gasteiger partial charge in [-0.1, -0.05) is 231 Å². The smallest absolute Gasteiger partial charge is 0.306 e. The van der Waals surface area contributed by atoms with Crippen molar-refractivity contribution in [2.75, 3.05) is 13.2 Å². The molecule has 0 aromatic heterocycles. The molecule has 0 spiro atoms. The number of carbonyl (C=O) groups is 3. The van der Waals surface area contributed by atoms with Crippen LogP contribution in [0, 0.1) is 0 Å². The normalized spacial score (nSPS) is 12.2. The number of rotatable bonds is 50. The molecule has 6 heteroatoms. The maximum Gasteiger partial charge on any atom is 0.306 e. The molecule has 0 aliphatic heterocycles. The van der Waals surface area contributed by atoms with Crippen molar-refractivity contribution in [1.82, 2.24) is 0 Å². The van der Waals surface area contributed by atoms with E-state index in [0.717, 1.165) is 89.9 Å². The molecule has 0 aliphatic carbocycles. The first-order valence-corrected chi connectivity index (χ1v) is 27.5. The lowest BCUT2D eigenvalue weighted by Crippen LogP contribution is -2.30. The van der Waals surface area contributed by atoms with Crippen LogP contribution in [-0.2, 0) is 28.6 Å². The molecule has 0 bridgehead atoms. The topological polar surface area (TPSA) is 78.9 Å². The SMILES string of the molecule is CCCCC/C=C\C/C=C\CCCCCCCC(=O)OC(COC(=O)CCCCCCC/C=C\CCCCCC)COC(=O)CCCCCCCCCCCCCCCCCCC. The molecule has 0 saturated carbocycles. The minimum absolute atomic E-state index is 0.0772. The molecule has 0 N–H and O–H groups in total. The van der Waals surface area contributed by atoms with Crippen molar-refractivity contribution in [2.24, 2.45) is 0 Å². The number of esters is 3. The fourth-order valence-corrected chi connectivity index (χ4v) is 7.94. The van der Waals surface area contributed by atoms with Crippen LogP contribution < -0.4 is 0 Å². The Labute approximate surface area is 391 Å². The summed E-state index contributed by atoms with van der Waals surface area (Å²) < 4.78 is 16.8. The maximum atomic E-state index is 12.8. The quantitative estimate of drug-likeness (QED) is 0.0262. The summed E-state index contributed by atoms with van der Waals surface area (Å²) in [6.45, 7) is 6.61. The van der Waals surface area contributed by atoms with E-state index in [1.165, 1.54) is 161 Å². The Balaban J connectivity index is 4.36. The van der Waals surface area contributed by atoms with Gasteiger partial charge in [0.1, 0.15) is 13.2 Å². The molecule has 0 radical (unpaired) electrons. The van der Waals surface area contributed by atoms with E-state index < -0.39 is 6.10 Å². The summed E-state index contributed by atoms with van der Waals surface area (Å²) in [6, 6.07) is 0. The van der Waals surface area contributed by atoms with E-state index >= 15 is 0 Å². The van der Waals surface area contributed by atoms with Gasteiger partial charge in [0.25, 0.3) is 0 Å². The van der Waals surface area contributed by atoms with Gasteiger partial charge in [-0.2, -0.15) is 0 Å². The Hall–Kier alpha value is -2.37. The molecule has 0 heterocycles. The fraction of sp³-hybridized carbons (Fsp3) is 0.842. The molecule has 0 aromatic rings. The third-order valence-electron chi connectivity index (χ3n) is 12.1. The highest BCUT2D eigenvalue weighted by atomic mass is 16.6. The largest absolute Gasteiger partial charge is 0.462 e. The molecule has 6 nitrogen and oxygen atoms in total. The van der Waals surface area contributed by atoms with Crippen LogP contribution in [-0.4, -0.2) is 37.2 Å². The second-order valence-corrected chi connectivity index (χ2v) is 18.5. The van der Waals surface area contributed by atoms with Gasteiger partial charge in [0.05, 0.1) is 0 Å². The van der Waals surface area contributed by atoms with Crippen molar-refractivity contribution in [3.05, 3.63) is 36.5 Å². The van der Waals surface area contributed by atoms with Gasteiger partial charge < -0.3 is 14.2 Å². The van der Waals surface area contributed by atoms with Crippen LogP contribution in [0.15, 0.2) is 36.5 Å². The number of ether oxygens (including phenoxy) is 3. The van der Waals surface area contributed by atoms with Gasteiger partial charge in [-0.15, -0.1) is 0 Å². The van der Waals surface area contributed by atoms with Gasteiger partial charge in [0.15, 0.2) is 6.10 Å². The van der Waals surface area contributed by atoms with E-state index in [1.54, 1.807) is 0 Å². The summed E-state index contributed by atoms with van der Waals surface area (Å²) in [4.78, 5) is 38.0. The number of unbranched alkanes of at least 4 members (excludes halogenated alkanes) is 33. The molecule has 0 aromatic carbocycles. The Morgan fingerprint density at radius 3 is 0.937 bits per heavy atom. The zero-order chi connectivity index (χ0) is 45.8. The molecular formula is C57H104O6. The predicted octanol–water partition coefficient (Wildman–Crippen LogP) is 18.1. The minimum atomic E-state index is -0.779. The average Bonchev–Trinajstić information content (AvgIpc) is 3.28. The minimum Gasteiger partial charge on any atom is -0.462 e. The monoisotopic (exact) mass is 885 g/mol. The van der Waals surface area contributed by atoms with Crippen molar-refractivity contribution in [3.8, 4) is 0 Å². The lowest BCUT2D eigenvalue weighted by Gasteiger charge is -2.18. The summed E-state index contributed by atoms with van der Waals surface area (Å²) in [5, 5.41) is 0. The van der Waals surface area contributed by atoms with Gasteiger partial charge in [-0.25, -0.2) is 0 Å². The van der Waals surface area contributed by atoms with Crippen LogP contribution in [0.5, 0.6) is 0 Å². The van der Waals surface area contributed by atoms with Crippen LogP contribution in [0.3, 0.4) is 0 Å². The van der Waals surface area contributed by atoms with E-state index in [2.05, 4.69) is 57.2 Å². The van der Waals surface area contributed by atoms with Gasteiger partial charge in [0, 0.05) is 19.3 Å². The van der Waals surface area contributed by atoms with Crippen LogP contribution in [0.2, 0.25) is 0 Å². The van der Waals surface area contributed by atoms with Gasteiger partial charge in [0.2, 0.25) is 0 Å². The Bertz CT molecular complexity index is 1060. The van der Waals surface area contributed by atoms with E-state index in [0.29, 0.717) is 19.3 Å². The van der Waals surface area contributed by atoms with Crippen LogP contribution in [0.25, 0.3) is 0 Å². The Kier molecular flexibility index (Phi) is 50.3. The first-order chi connectivity index (χ1) is 31.0. The Morgan fingerprint density at radius 2 is 0.571 bits per heavy atom. The number of hydrogen-bond acceptors (Lipinski definition) is 6. The van der Waals surface area contributed by atoms with Gasteiger partial charge in [-0.3, -0.25) is 14.4 Å². The third kappa shape index (κ3) is 50.5. The van der Waals surface area contributed by atoms with Crippen molar-refractivity contribution < 1.29 is 28.6 Å². The highest BCUT2D eigenvalue weighted by Gasteiger charge is 2.19. The number of hydrogen-bond donors (Lipinski definition) is 0. The van der Waals surface area contributed by atoms with Crippen molar-refractivity contribution in [3.63, 3.8) is 0 Å². The van der Waals surface area contributed by atoms with Crippen molar-refractivity contribution >= 4 is 17.9 Å². The molecule has 1 unspecified atom stereocenters. The summed E-state index contributed by atoms with van der Waals surface area (Å²) in [5.74, 6) is -0.887.